The van der Waals surface area contributed by atoms with Crippen molar-refractivity contribution in [1.29, 1.82) is 0 Å². The van der Waals surface area contributed by atoms with E-state index in [-0.39, 0.29) is 11.8 Å². The van der Waals surface area contributed by atoms with E-state index in [1.807, 2.05) is 66.2 Å². The molecule has 1 unspecified atom stereocenters. The van der Waals surface area contributed by atoms with Gasteiger partial charge in [-0.3, -0.25) is 9.59 Å². The van der Waals surface area contributed by atoms with Crippen molar-refractivity contribution in [2.45, 2.75) is 35.4 Å². The van der Waals surface area contributed by atoms with E-state index in [9.17, 15) is 9.59 Å². The SMILES string of the molecule is Cn1cnnc1Sc1ccc(NC(=O)C(c2ccccc2)N2CCCCC2=O)cc1. The van der Waals surface area contributed by atoms with Crippen molar-refractivity contribution >= 4 is 29.3 Å². The number of piperidine rings is 1. The molecule has 7 nitrogen and oxygen atoms in total. The number of aromatic nitrogens is 3. The van der Waals surface area contributed by atoms with Gasteiger partial charge in [0.25, 0.3) is 5.91 Å². The maximum absolute atomic E-state index is 13.2. The zero-order chi connectivity index (χ0) is 20.9. The molecule has 2 heterocycles. The van der Waals surface area contributed by atoms with Crippen LogP contribution in [-0.2, 0) is 16.6 Å². The molecule has 1 saturated heterocycles. The molecule has 0 radical (unpaired) electrons. The summed E-state index contributed by atoms with van der Waals surface area (Å²) in [7, 11) is 1.89. The number of benzene rings is 2. The molecule has 0 aliphatic carbocycles. The number of carbonyl (C=O) groups excluding carboxylic acids is 2. The molecule has 3 aromatic rings. The monoisotopic (exact) mass is 421 g/mol. The van der Waals surface area contributed by atoms with Gasteiger partial charge in [-0.05, 0) is 54.4 Å². The Labute approximate surface area is 179 Å². The van der Waals surface area contributed by atoms with Crippen LogP contribution in [0.4, 0.5) is 5.69 Å². The number of amides is 2. The number of hydrogen-bond acceptors (Lipinski definition) is 5. The molecule has 30 heavy (non-hydrogen) atoms. The molecule has 1 atom stereocenters. The third kappa shape index (κ3) is 4.54. The summed E-state index contributed by atoms with van der Waals surface area (Å²) < 4.78 is 1.85. The smallest absolute Gasteiger partial charge is 0.251 e. The summed E-state index contributed by atoms with van der Waals surface area (Å²) in [5.41, 5.74) is 1.51. The van der Waals surface area contributed by atoms with Crippen molar-refractivity contribution in [3.63, 3.8) is 0 Å². The minimum atomic E-state index is -0.633. The number of nitrogens with one attached hydrogen (secondary N) is 1. The highest BCUT2D eigenvalue weighted by Crippen LogP contribution is 2.29. The minimum Gasteiger partial charge on any atom is -0.327 e. The van der Waals surface area contributed by atoms with Crippen LogP contribution in [-0.4, -0.2) is 38.0 Å². The molecule has 0 saturated carbocycles. The highest BCUT2D eigenvalue weighted by Gasteiger charge is 2.32. The quantitative estimate of drug-likeness (QED) is 0.657. The lowest BCUT2D eigenvalue weighted by atomic mass is 10.0. The zero-order valence-corrected chi connectivity index (χ0v) is 17.5. The lowest BCUT2D eigenvalue weighted by Gasteiger charge is -2.34. The third-order valence-electron chi connectivity index (χ3n) is 5.04. The Bertz CT molecular complexity index is 1020. The van der Waals surface area contributed by atoms with Gasteiger partial charge in [0, 0.05) is 30.6 Å². The van der Waals surface area contributed by atoms with Gasteiger partial charge in [0.05, 0.1) is 0 Å². The van der Waals surface area contributed by atoms with Gasteiger partial charge < -0.3 is 14.8 Å². The normalized spacial score (nSPS) is 15.1. The predicted octanol–water partition coefficient (Wildman–Crippen LogP) is 3.66. The second kappa shape index (κ2) is 9.13. The summed E-state index contributed by atoms with van der Waals surface area (Å²) in [6.45, 7) is 0.596. The second-order valence-corrected chi connectivity index (χ2v) is 8.24. The maximum atomic E-state index is 13.2. The van der Waals surface area contributed by atoms with Gasteiger partial charge in [-0.15, -0.1) is 10.2 Å². The molecule has 4 rings (SSSR count). The van der Waals surface area contributed by atoms with E-state index in [0.717, 1.165) is 28.5 Å². The van der Waals surface area contributed by atoms with Crippen molar-refractivity contribution < 1.29 is 9.59 Å². The van der Waals surface area contributed by atoms with Crippen molar-refractivity contribution in [3.05, 3.63) is 66.5 Å². The molecule has 1 aromatic heterocycles. The second-order valence-electron chi connectivity index (χ2n) is 7.20. The number of carbonyl (C=O) groups is 2. The minimum absolute atomic E-state index is 0.0284. The topological polar surface area (TPSA) is 80.1 Å². The summed E-state index contributed by atoms with van der Waals surface area (Å²) >= 11 is 1.50. The number of rotatable bonds is 6. The van der Waals surface area contributed by atoms with Crippen molar-refractivity contribution in [3.8, 4) is 0 Å². The van der Waals surface area contributed by atoms with Crippen LogP contribution in [0.3, 0.4) is 0 Å². The Balaban J connectivity index is 1.51. The fraction of sp³-hybridized carbons (Fsp3) is 0.273. The van der Waals surface area contributed by atoms with E-state index >= 15 is 0 Å². The summed E-state index contributed by atoms with van der Waals surface area (Å²) in [6.07, 6.45) is 3.94. The largest absolute Gasteiger partial charge is 0.327 e. The Morgan fingerprint density at radius 3 is 2.53 bits per heavy atom. The zero-order valence-electron chi connectivity index (χ0n) is 16.7. The van der Waals surface area contributed by atoms with Crippen LogP contribution in [0.25, 0.3) is 0 Å². The van der Waals surface area contributed by atoms with Crippen molar-refractivity contribution in [2.24, 2.45) is 7.05 Å². The highest BCUT2D eigenvalue weighted by molar-refractivity contribution is 7.99. The standard InChI is InChI=1S/C22H23N5O2S/c1-26-15-23-25-22(26)30-18-12-10-17(11-13-18)24-21(29)20(16-7-3-2-4-8-16)27-14-6-5-9-19(27)28/h2-4,7-8,10-13,15,20H,5-6,9,14H2,1H3,(H,24,29). The average molecular weight is 422 g/mol. The van der Waals surface area contributed by atoms with Gasteiger partial charge in [0.1, 0.15) is 12.4 Å². The first kappa shape index (κ1) is 20.2. The lowest BCUT2D eigenvalue weighted by molar-refractivity contribution is -0.141. The molecule has 1 aliphatic rings. The summed E-state index contributed by atoms with van der Waals surface area (Å²) in [6, 6.07) is 16.4. The Kier molecular flexibility index (Phi) is 6.13. The van der Waals surface area contributed by atoms with Gasteiger partial charge in [0.15, 0.2) is 5.16 Å². The van der Waals surface area contributed by atoms with Crippen molar-refractivity contribution in [1.82, 2.24) is 19.7 Å². The number of hydrogen-bond donors (Lipinski definition) is 1. The van der Waals surface area contributed by atoms with Gasteiger partial charge in [-0.25, -0.2) is 0 Å². The molecule has 154 valence electrons. The van der Waals surface area contributed by atoms with Crippen LogP contribution < -0.4 is 5.32 Å². The van der Waals surface area contributed by atoms with Gasteiger partial charge in [-0.1, -0.05) is 30.3 Å². The Morgan fingerprint density at radius 2 is 1.87 bits per heavy atom. The van der Waals surface area contributed by atoms with Crippen LogP contribution in [0, 0.1) is 0 Å². The molecule has 1 aliphatic heterocycles. The maximum Gasteiger partial charge on any atom is 0.251 e. The predicted molar refractivity (Wildman–Crippen MR) is 115 cm³/mol. The highest BCUT2D eigenvalue weighted by atomic mass is 32.2. The van der Waals surface area contributed by atoms with Crippen LogP contribution in [0.2, 0.25) is 0 Å². The fourth-order valence-corrected chi connectivity index (χ4v) is 4.26. The molecule has 8 heteroatoms. The van der Waals surface area contributed by atoms with E-state index in [0.29, 0.717) is 18.7 Å². The van der Waals surface area contributed by atoms with Crippen LogP contribution in [0.15, 0.2) is 71.0 Å². The molecule has 2 amide bonds. The molecule has 1 N–H and O–H groups in total. The van der Waals surface area contributed by atoms with E-state index in [4.69, 9.17) is 0 Å². The Morgan fingerprint density at radius 1 is 1.10 bits per heavy atom. The first-order valence-corrected chi connectivity index (χ1v) is 10.7. The van der Waals surface area contributed by atoms with Crippen LogP contribution in [0.5, 0.6) is 0 Å². The van der Waals surface area contributed by atoms with Crippen molar-refractivity contribution in [2.75, 3.05) is 11.9 Å². The van der Waals surface area contributed by atoms with Gasteiger partial charge in [-0.2, -0.15) is 0 Å². The lowest BCUT2D eigenvalue weighted by Crippen LogP contribution is -2.43. The van der Waals surface area contributed by atoms with Crippen LogP contribution in [0.1, 0.15) is 30.9 Å². The number of likely N-dealkylation sites (tertiary alicyclic amines) is 1. The molecule has 2 aromatic carbocycles. The third-order valence-corrected chi connectivity index (χ3v) is 6.10. The molecule has 0 spiro atoms. The van der Waals surface area contributed by atoms with E-state index < -0.39 is 6.04 Å². The van der Waals surface area contributed by atoms with E-state index in [2.05, 4.69) is 15.5 Å². The summed E-state index contributed by atoms with van der Waals surface area (Å²) in [5.74, 6) is -0.175. The van der Waals surface area contributed by atoms with Gasteiger partial charge in [0.2, 0.25) is 5.91 Å². The fourth-order valence-electron chi connectivity index (χ4n) is 3.50. The van der Waals surface area contributed by atoms with Crippen LogP contribution >= 0.6 is 11.8 Å². The average Bonchev–Trinajstić information content (AvgIpc) is 3.16. The summed E-state index contributed by atoms with van der Waals surface area (Å²) in [5, 5.41) is 11.7. The molecule has 1 fully saturated rings. The first-order chi connectivity index (χ1) is 14.6. The van der Waals surface area contributed by atoms with Gasteiger partial charge >= 0.3 is 0 Å². The van der Waals surface area contributed by atoms with E-state index in [1.54, 1.807) is 11.2 Å². The number of nitrogens with zero attached hydrogens (tertiary/aromatic N) is 4. The molecular formula is C22H23N5O2S. The number of anilines is 1. The number of aryl methyl sites for hydroxylation is 1. The molecular weight excluding hydrogens is 398 g/mol. The first-order valence-electron chi connectivity index (χ1n) is 9.89. The van der Waals surface area contributed by atoms with E-state index in [1.165, 1.54) is 11.8 Å². The Hall–Kier alpha value is -3.13. The molecule has 0 bridgehead atoms. The summed E-state index contributed by atoms with van der Waals surface area (Å²) in [4.78, 5) is 28.4.